The molecular weight excluding hydrogens is 967 g/mol. The first-order valence-electron chi connectivity index (χ1n) is 32.8. The number of unbranched alkanes of at least 4 members (excludes halogenated alkanes) is 39. The number of rotatable bonds is 57. The van der Waals surface area contributed by atoms with E-state index in [9.17, 15) is 35.1 Å². The van der Waals surface area contributed by atoms with Gasteiger partial charge >= 0.3 is 5.97 Å². The molecule has 1 aliphatic rings. The fourth-order valence-corrected chi connectivity index (χ4v) is 10.2. The summed E-state index contributed by atoms with van der Waals surface area (Å²) in [7, 11) is 0. The second-order valence-electron chi connectivity index (χ2n) is 22.8. The van der Waals surface area contributed by atoms with Crippen molar-refractivity contribution in [2.75, 3.05) is 19.8 Å². The van der Waals surface area contributed by atoms with Gasteiger partial charge in [-0.05, 0) is 83.5 Å². The van der Waals surface area contributed by atoms with Crippen LogP contribution in [0, 0.1) is 0 Å². The molecule has 7 atom stereocenters. The number of amides is 1. The fraction of sp³-hybridized carbons (Fsp3) is 0.879. The third-order valence-corrected chi connectivity index (χ3v) is 15.5. The smallest absolute Gasteiger partial charge is 0.305 e. The number of allylic oxidation sites excluding steroid dienone is 5. The lowest BCUT2D eigenvalue weighted by atomic mass is 9.99. The number of aliphatic hydroxyl groups is 5. The van der Waals surface area contributed by atoms with Gasteiger partial charge in [0.15, 0.2) is 6.29 Å². The van der Waals surface area contributed by atoms with Gasteiger partial charge < -0.3 is 45.1 Å². The summed E-state index contributed by atoms with van der Waals surface area (Å²) in [6, 6.07) is -0.809. The Labute approximate surface area is 473 Å². The van der Waals surface area contributed by atoms with Gasteiger partial charge in [0.2, 0.25) is 5.91 Å². The van der Waals surface area contributed by atoms with Crippen molar-refractivity contribution in [1.29, 1.82) is 0 Å². The fourth-order valence-electron chi connectivity index (χ4n) is 10.2. The van der Waals surface area contributed by atoms with Crippen molar-refractivity contribution in [2.24, 2.45) is 0 Å². The molecule has 1 fully saturated rings. The van der Waals surface area contributed by atoms with Crippen LogP contribution in [0.4, 0.5) is 0 Å². The molecule has 0 bridgehead atoms. The van der Waals surface area contributed by atoms with Crippen LogP contribution in [0.5, 0.6) is 0 Å². The number of aliphatic hydroxyl groups excluding tert-OH is 5. The van der Waals surface area contributed by atoms with E-state index in [4.69, 9.17) is 14.2 Å². The molecule has 7 unspecified atom stereocenters. The summed E-state index contributed by atoms with van der Waals surface area (Å²) in [4.78, 5) is 25.0. The molecule has 77 heavy (non-hydrogen) atoms. The number of esters is 1. The zero-order valence-electron chi connectivity index (χ0n) is 49.9. The normalized spacial score (nSPS) is 18.8. The Morgan fingerprint density at radius 1 is 0.468 bits per heavy atom. The summed E-state index contributed by atoms with van der Waals surface area (Å²) >= 11 is 0. The lowest BCUT2D eigenvalue weighted by Crippen LogP contribution is -2.60. The third-order valence-electron chi connectivity index (χ3n) is 15.5. The second-order valence-corrected chi connectivity index (χ2v) is 22.8. The minimum absolute atomic E-state index is 0.00384. The molecule has 1 rings (SSSR count). The van der Waals surface area contributed by atoms with E-state index < -0.39 is 49.5 Å². The van der Waals surface area contributed by atoms with Crippen molar-refractivity contribution < 1.29 is 49.3 Å². The van der Waals surface area contributed by atoms with Gasteiger partial charge in [0, 0.05) is 12.8 Å². The van der Waals surface area contributed by atoms with Gasteiger partial charge in [-0.2, -0.15) is 0 Å². The van der Waals surface area contributed by atoms with Crippen LogP contribution in [-0.4, -0.2) is 100 Å². The van der Waals surface area contributed by atoms with Crippen LogP contribution in [-0.2, 0) is 23.8 Å². The molecular formula is C66H123NO10. The molecule has 11 heteroatoms. The summed E-state index contributed by atoms with van der Waals surface area (Å²) < 4.78 is 16.7. The van der Waals surface area contributed by atoms with E-state index in [2.05, 4.69) is 43.5 Å². The molecule has 0 spiro atoms. The SMILES string of the molecule is CCCCCC/C=C\CCCCCCCC(=O)OCCCCCCCCCCCCCC/C=C\CCCCCCCCCCCCCC(=O)NC(COC1OC(CO)C(O)C(O)C1O)C(O)/C=C/CCCCCCCCC. The third kappa shape index (κ3) is 45.2. The van der Waals surface area contributed by atoms with E-state index >= 15 is 0 Å². The van der Waals surface area contributed by atoms with Gasteiger partial charge in [-0.1, -0.05) is 249 Å². The first-order valence-corrected chi connectivity index (χ1v) is 32.8. The van der Waals surface area contributed by atoms with Crippen LogP contribution < -0.4 is 5.32 Å². The number of hydrogen-bond acceptors (Lipinski definition) is 10. The lowest BCUT2D eigenvalue weighted by molar-refractivity contribution is -0.302. The Bertz CT molecular complexity index is 1370. The second kappa shape index (κ2) is 55.8. The van der Waals surface area contributed by atoms with Gasteiger partial charge in [0.25, 0.3) is 0 Å². The largest absolute Gasteiger partial charge is 0.466 e. The average molecular weight is 1090 g/mol. The van der Waals surface area contributed by atoms with E-state index in [1.807, 2.05) is 6.08 Å². The maximum atomic E-state index is 13.0. The van der Waals surface area contributed by atoms with Crippen LogP contribution in [0.25, 0.3) is 0 Å². The van der Waals surface area contributed by atoms with E-state index in [-0.39, 0.29) is 18.5 Å². The summed E-state index contributed by atoms with van der Waals surface area (Å²) in [5, 5.41) is 54.2. The van der Waals surface area contributed by atoms with Crippen LogP contribution in [0.3, 0.4) is 0 Å². The van der Waals surface area contributed by atoms with Gasteiger partial charge in [-0.25, -0.2) is 0 Å². The predicted octanol–water partition coefficient (Wildman–Crippen LogP) is 15.8. The van der Waals surface area contributed by atoms with Crippen LogP contribution in [0.2, 0.25) is 0 Å². The molecule has 1 saturated heterocycles. The number of carbonyl (C=O) groups excluding carboxylic acids is 2. The molecule has 0 aromatic rings. The minimum Gasteiger partial charge on any atom is -0.466 e. The standard InChI is InChI=1S/C66H123NO10/c1-3-5-7-9-11-13-14-30-34-38-42-46-50-54-62(71)75-55-51-47-43-39-35-32-29-27-25-23-21-19-17-15-16-18-20-22-24-26-28-31-33-37-41-45-49-53-61(70)67-58(59(69)52-48-44-40-36-12-10-8-6-4-2)57-76-66-65(74)64(73)63(72)60(56-68)77-66/h13-16,48,52,58-60,63-66,68-69,72-74H,3-12,17-47,49-51,53-57H2,1-2H3,(H,67,70)/b14-13-,16-15-,52-48+. The zero-order chi connectivity index (χ0) is 55.9. The summed E-state index contributed by atoms with van der Waals surface area (Å²) in [6.07, 6.45) is 59.9. The van der Waals surface area contributed by atoms with Gasteiger partial charge in [-0.15, -0.1) is 0 Å². The van der Waals surface area contributed by atoms with Crippen molar-refractivity contribution in [2.45, 2.75) is 352 Å². The van der Waals surface area contributed by atoms with Crippen molar-refractivity contribution >= 4 is 11.9 Å². The van der Waals surface area contributed by atoms with Crippen molar-refractivity contribution in [3.63, 3.8) is 0 Å². The molecule has 0 aliphatic carbocycles. The Morgan fingerprint density at radius 3 is 1.26 bits per heavy atom. The molecule has 6 N–H and O–H groups in total. The highest BCUT2D eigenvalue weighted by Crippen LogP contribution is 2.23. The van der Waals surface area contributed by atoms with Crippen LogP contribution in [0.1, 0.15) is 309 Å². The molecule has 0 saturated carbocycles. The number of hydrogen-bond donors (Lipinski definition) is 6. The van der Waals surface area contributed by atoms with E-state index in [1.165, 1.54) is 225 Å². The lowest BCUT2D eigenvalue weighted by Gasteiger charge is -2.40. The van der Waals surface area contributed by atoms with Crippen molar-refractivity contribution in [3.8, 4) is 0 Å². The van der Waals surface area contributed by atoms with E-state index in [1.54, 1.807) is 6.08 Å². The summed E-state index contributed by atoms with van der Waals surface area (Å²) in [6.45, 7) is 4.31. The quantitative estimate of drug-likeness (QED) is 0.0195. The Balaban J connectivity index is 1.96. The molecule has 1 heterocycles. The first-order chi connectivity index (χ1) is 37.7. The zero-order valence-corrected chi connectivity index (χ0v) is 49.9. The monoisotopic (exact) mass is 1090 g/mol. The number of nitrogens with one attached hydrogen (secondary N) is 1. The number of carbonyl (C=O) groups is 2. The van der Waals surface area contributed by atoms with Crippen molar-refractivity contribution in [3.05, 3.63) is 36.5 Å². The van der Waals surface area contributed by atoms with E-state index in [0.717, 1.165) is 57.8 Å². The number of ether oxygens (including phenoxy) is 3. The molecule has 1 aliphatic heterocycles. The van der Waals surface area contributed by atoms with Gasteiger partial charge in [0.1, 0.15) is 24.4 Å². The summed E-state index contributed by atoms with van der Waals surface area (Å²) in [5.41, 5.74) is 0. The molecule has 11 nitrogen and oxygen atoms in total. The summed E-state index contributed by atoms with van der Waals surface area (Å²) in [5.74, 6) is -0.188. The average Bonchev–Trinajstić information content (AvgIpc) is 3.43. The highest BCUT2D eigenvalue weighted by molar-refractivity contribution is 5.76. The van der Waals surface area contributed by atoms with Crippen LogP contribution >= 0.6 is 0 Å². The van der Waals surface area contributed by atoms with Crippen LogP contribution in [0.15, 0.2) is 36.5 Å². The Kier molecular flexibility index (Phi) is 52.8. The minimum atomic E-state index is -1.57. The predicted molar refractivity (Wildman–Crippen MR) is 320 cm³/mol. The molecule has 0 radical (unpaired) electrons. The maximum Gasteiger partial charge on any atom is 0.305 e. The van der Waals surface area contributed by atoms with Crippen molar-refractivity contribution in [1.82, 2.24) is 5.32 Å². The topological polar surface area (TPSA) is 175 Å². The maximum absolute atomic E-state index is 13.0. The highest BCUT2D eigenvalue weighted by atomic mass is 16.7. The molecule has 0 aromatic heterocycles. The van der Waals surface area contributed by atoms with E-state index in [0.29, 0.717) is 19.4 Å². The van der Waals surface area contributed by atoms with Gasteiger partial charge in [0.05, 0.1) is 32.0 Å². The Morgan fingerprint density at radius 2 is 0.831 bits per heavy atom. The highest BCUT2D eigenvalue weighted by Gasteiger charge is 2.44. The Hall–Kier alpha value is -2.12. The van der Waals surface area contributed by atoms with Gasteiger partial charge in [-0.3, -0.25) is 9.59 Å². The molecule has 452 valence electrons. The molecule has 0 aromatic carbocycles. The first kappa shape index (κ1) is 72.9. The molecule has 1 amide bonds.